The molecule has 4 rings (SSSR count). The molecule has 0 radical (unpaired) electrons. The van der Waals surface area contributed by atoms with Gasteiger partial charge in [-0.25, -0.2) is 13.2 Å². The van der Waals surface area contributed by atoms with Crippen LogP contribution in [0.2, 0.25) is 0 Å². The number of sulfone groups is 1. The lowest BCUT2D eigenvalue weighted by molar-refractivity contribution is -0.139. The van der Waals surface area contributed by atoms with Gasteiger partial charge in [0, 0.05) is 41.1 Å². The summed E-state index contributed by atoms with van der Waals surface area (Å²) < 4.78 is 23.2. The van der Waals surface area contributed by atoms with Gasteiger partial charge in [-0.1, -0.05) is 48.5 Å². The fourth-order valence-electron chi connectivity index (χ4n) is 5.09. The number of rotatable bonds is 11. The Balaban J connectivity index is 1.57. The number of nitrogens with zero attached hydrogens (tertiary/aromatic N) is 1. The van der Waals surface area contributed by atoms with Gasteiger partial charge in [0.15, 0.2) is 0 Å². The summed E-state index contributed by atoms with van der Waals surface area (Å²) in [6.07, 6.45) is 1.94. The third-order valence-corrected chi connectivity index (χ3v) is 9.44. The lowest BCUT2D eigenvalue weighted by Gasteiger charge is -2.22. The smallest absolute Gasteiger partial charge is 0.326 e. The van der Waals surface area contributed by atoms with Crippen LogP contribution in [-0.4, -0.2) is 66.2 Å². The molecule has 0 saturated carbocycles. The number of carboxylic acid groups (broad SMARTS) is 1. The van der Waals surface area contributed by atoms with Crippen LogP contribution >= 0.6 is 11.8 Å². The van der Waals surface area contributed by atoms with Crippen LogP contribution < -0.4 is 5.32 Å². The van der Waals surface area contributed by atoms with Crippen LogP contribution in [0.1, 0.15) is 41.3 Å². The van der Waals surface area contributed by atoms with Gasteiger partial charge in [0.05, 0.1) is 5.75 Å². The van der Waals surface area contributed by atoms with Crippen molar-refractivity contribution in [2.45, 2.75) is 55.5 Å². The predicted molar refractivity (Wildman–Crippen MR) is 160 cm³/mol. The quantitative estimate of drug-likeness (QED) is 0.328. The highest BCUT2D eigenvalue weighted by Crippen LogP contribution is 2.34. The first-order valence-electron chi connectivity index (χ1n) is 13.4. The summed E-state index contributed by atoms with van der Waals surface area (Å²) >= 11 is 1.91. The molecule has 0 spiro atoms. The maximum absolute atomic E-state index is 13.4. The van der Waals surface area contributed by atoms with Crippen molar-refractivity contribution in [1.29, 1.82) is 0 Å². The number of carboxylic acids is 1. The normalized spacial score (nSPS) is 18.4. The number of thioether (sulfide) groups is 1. The van der Waals surface area contributed by atoms with Gasteiger partial charge in [0.2, 0.25) is 0 Å². The molecule has 1 saturated heterocycles. The number of aliphatic carboxylic acids is 1. The van der Waals surface area contributed by atoms with Gasteiger partial charge in [-0.15, -0.1) is 11.8 Å². The third-order valence-electron chi connectivity index (χ3n) is 7.24. The number of aryl methyl sites for hydroxylation is 1. The van der Waals surface area contributed by atoms with Crippen molar-refractivity contribution in [3.63, 3.8) is 0 Å². The molecule has 7 nitrogen and oxygen atoms in total. The van der Waals surface area contributed by atoms with E-state index in [1.54, 1.807) is 6.07 Å². The van der Waals surface area contributed by atoms with E-state index in [2.05, 4.69) is 41.4 Å². The van der Waals surface area contributed by atoms with Crippen LogP contribution in [0.15, 0.2) is 77.7 Å². The van der Waals surface area contributed by atoms with Crippen LogP contribution in [0.25, 0.3) is 11.1 Å². The average Bonchev–Trinajstić information content (AvgIpc) is 3.24. The van der Waals surface area contributed by atoms with E-state index in [0.29, 0.717) is 16.9 Å². The van der Waals surface area contributed by atoms with Crippen molar-refractivity contribution in [3.05, 3.63) is 89.5 Å². The molecule has 9 heteroatoms. The summed E-state index contributed by atoms with van der Waals surface area (Å²) in [6, 6.07) is 23.0. The van der Waals surface area contributed by atoms with E-state index < -0.39 is 27.8 Å². The number of hydrogen-bond donors (Lipinski definition) is 2. The molecule has 1 aliphatic rings. The molecule has 1 amide bonds. The summed E-state index contributed by atoms with van der Waals surface area (Å²) in [4.78, 5) is 28.9. The predicted octanol–water partition coefficient (Wildman–Crippen LogP) is 5.03. The number of carbonyl (C=O) groups is 2. The molecule has 1 aliphatic heterocycles. The van der Waals surface area contributed by atoms with Crippen molar-refractivity contribution in [2.75, 3.05) is 18.6 Å². The highest BCUT2D eigenvalue weighted by Gasteiger charge is 2.30. The first kappa shape index (κ1) is 29.8. The maximum Gasteiger partial charge on any atom is 0.326 e. The van der Waals surface area contributed by atoms with Gasteiger partial charge >= 0.3 is 5.97 Å². The topological polar surface area (TPSA) is 104 Å². The minimum Gasteiger partial charge on any atom is -0.480 e. The fourth-order valence-corrected chi connectivity index (χ4v) is 7.09. The SMILES string of the molecule is Cc1ccccc1-c1cc(CN2CC(Sc3ccccc3)CC2C)ccc1C(=O)NC(CCS(C)(=O)=O)C(=O)O. The molecule has 0 aromatic heterocycles. The van der Waals surface area contributed by atoms with Gasteiger partial charge in [-0.2, -0.15) is 0 Å². The number of hydrogen-bond acceptors (Lipinski definition) is 6. The van der Waals surface area contributed by atoms with E-state index in [9.17, 15) is 23.1 Å². The van der Waals surface area contributed by atoms with Crippen LogP contribution in [0.3, 0.4) is 0 Å². The highest BCUT2D eigenvalue weighted by molar-refractivity contribution is 8.00. The van der Waals surface area contributed by atoms with Crippen LogP contribution in [0.4, 0.5) is 0 Å². The zero-order valence-electron chi connectivity index (χ0n) is 23.0. The molecule has 3 aromatic rings. The fraction of sp³-hybridized carbons (Fsp3) is 0.355. The summed E-state index contributed by atoms with van der Waals surface area (Å²) in [6.45, 7) is 5.92. The van der Waals surface area contributed by atoms with Crippen molar-refractivity contribution in [3.8, 4) is 11.1 Å². The van der Waals surface area contributed by atoms with Gasteiger partial charge < -0.3 is 10.4 Å². The van der Waals surface area contributed by atoms with E-state index in [0.717, 1.165) is 48.0 Å². The largest absolute Gasteiger partial charge is 0.480 e. The molecule has 0 aliphatic carbocycles. The number of carbonyl (C=O) groups excluding carboxylic acids is 1. The van der Waals surface area contributed by atoms with Crippen molar-refractivity contribution in [2.24, 2.45) is 0 Å². The van der Waals surface area contributed by atoms with Gasteiger partial charge in [0.25, 0.3) is 5.91 Å². The van der Waals surface area contributed by atoms with Crippen LogP contribution in [-0.2, 0) is 21.2 Å². The molecule has 40 heavy (non-hydrogen) atoms. The summed E-state index contributed by atoms with van der Waals surface area (Å²) in [5.74, 6) is -2.14. The molecular weight excluding hydrogens is 544 g/mol. The maximum atomic E-state index is 13.4. The second-order valence-electron chi connectivity index (χ2n) is 10.5. The lowest BCUT2D eigenvalue weighted by atomic mass is 9.93. The Kier molecular flexibility index (Phi) is 9.71. The van der Waals surface area contributed by atoms with E-state index in [-0.39, 0.29) is 12.2 Å². The summed E-state index contributed by atoms with van der Waals surface area (Å²) in [5, 5.41) is 12.7. The molecule has 1 heterocycles. The molecule has 3 atom stereocenters. The number of benzene rings is 3. The first-order chi connectivity index (χ1) is 19.0. The molecule has 3 aromatic carbocycles. The molecule has 3 unspecified atom stereocenters. The number of likely N-dealkylation sites (tertiary alicyclic amines) is 1. The second kappa shape index (κ2) is 13.0. The zero-order valence-corrected chi connectivity index (χ0v) is 24.7. The van der Waals surface area contributed by atoms with Crippen molar-refractivity contribution in [1.82, 2.24) is 10.2 Å². The van der Waals surface area contributed by atoms with E-state index in [1.165, 1.54) is 4.90 Å². The number of nitrogens with one attached hydrogen (secondary N) is 1. The Bertz CT molecular complexity index is 1460. The second-order valence-corrected chi connectivity index (χ2v) is 14.2. The molecule has 0 bridgehead atoms. The van der Waals surface area contributed by atoms with Crippen molar-refractivity contribution >= 4 is 33.5 Å². The summed E-state index contributed by atoms with van der Waals surface area (Å²) in [5.41, 5.74) is 4.04. The minimum atomic E-state index is -3.37. The summed E-state index contributed by atoms with van der Waals surface area (Å²) in [7, 11) is -3.37. The number of amides is 1. The van der Waals surface area contributed by atoms with Crippen LogP contribution in [0, 0.1) is 6.92 Å². The van der Waals surface area contributed by atoms with Gasteiger partial charge in [-0.05, 0) is 73.2 Å². The van der Waals surface area contributed by atoms with Crippen LogP contribution in [0.5, 0.6) is 0 Å². The standard InChI is InChI=1S/C31H36N2O5S2/c1-21-9-7-8-12-26(21)28-18-23(19-33-20-25(17-22(33)2)39-24-10-5-4-6-11-24)13-14-27(28)30(34)32-29(31(35)36)15-16-40(3,37)38/h4-14,18,22,25,29H,15-17,19-20H2,1-3H3,(H,32,34)(H,35,36). The van der Waals surface area contributed by atoms with Gasteiger partial charge in [0.1, 0.15) is 15.9 Å². The van der Waals surface area contributed by atoms with E-state index in [1.807, 2.05) is 61.2 Å². The Morgan fingerprint density at radius 2 is 1.75 bits per heavy atom. The third kappa shape index (κ3) is 7.96. The molecule has 212 valence electrons. The highest BCUT2D eigenvalue weighted by atomic mass is 32.2. The molecule has 1 fully saturated rings. The Morgan fingerprint density at radius 3 is 2.42 bits per heavy atom. The van der Waals surface area contributed by atoms with E-state index >= 15 is 0 Å². The monoisotopic (exact) mass is 580 g/mol. The lowest BCUT2D eigenvalue weighted by Crippen LogP contribution is -2.42. The van der Waals surface area contributed by atoms with Gasteiger partial charge in [-0.3, -0.25) is 9.69 Å². The Morgan fingerprint density at radius 1 is 1.05 bits per heavy atom. The van der Waals surface area contributed by atoms with E-state index in [4.69, 9.17) is 0 Å². The molecule has 2 N–H and O–H groups in total. The van der Waals surface area contributed by atoms with Crippen molar-refractivity contribution < 1.29 is 23.1 Å². The Labute approximate surface area is 240 Å². The minimum absolute atomic E-state index is 0.202. The molecular formula is C31H36N2O5S2. The zero-order chi connectivity index (χ0) is 28.9. The first-order valence-corrected chi connectivity index (χ1v) is 16.3. The Hall–Kier alpha value is -3.14. The average molecular weight is 581 g/mol.